The van der Waals surface area contributed by atoms with Crippen molar-refractivity contribution in [3.63, 3.8) is 0 Å². The van der Waals surface area contributed by atoms with Gasteiger partial charge in [-0.25, -0.2) is 4.79 Å². The molecule has 110 valence electrons. The standard InChI is InChI=1S/C12H17ClN4O3/c13-10-8-15-17(9-10)5-2-11(18)14-3-6-16-4-1-7-20-12(16)19/h8-9H,1-7H2,(H,14,18). The Hall–Kier alpha value is -1.76. The number of carbonyl (C=O) groups excluding carboxylic acids is 2. The normalized spacial score (nSPS) is 15.1. The van der Waals surface area contributed by atoms with E-state index in [0.717, 1.165) is 6.42 Å². The van der Waals surface area contributed by atoms with E-state index in [1.165, 1.54) is 6.20 Å². The van der Waals surface area contributed by atoms with Gasteiger partial charge in [-0.2, -0.15) is 5.10 Å². The zero-order valence-electron chi connectivity index (χ0n) is 11.0. The maximum absolute atomic E-state index is 11.6. The summed E-state index contributed by atoms with van der Waals surface area (Å²) >= 11 is 5.73. The van der Waals surface area contributed by atoms with Crippen LogP contribution in [0, 0.1) is 0 Å². The Balaban J connectivity index is 1.61. The molecule has 20 heavy (non-hydrogen) atoms. The molecule has 1 fully saturated rings. The average molecular weight is 301 g/mol. The lowest BCUT2D eigenvalue weighted by atomic mass is 10.3. The summed E-state index contributed by atoms with van der Waals surface area (Å²) in [7, 11) is 0. The highest BCUT2D eigenvalue weighted by Gasteiger charge is 2.18. The van der Waals surface area contributed by atoms with Crippen LogP contribution in [0.1, 0.15) is 12.8 Å². The molecule has 0 aliphatic carbocycles. The quantitative estimate of drug-likeness (QED) is 0.846. The fraction of sp³-hybridized carbons (Fsp3) is 0.583. The number of halogens is 1. The van der Waals surface area contributed by atoms with Gasteiger partial charge in [-0.15, -0.1) is 0 Å². The molecule has 1 aromatic rings. The van der Waals surface area contributed by atoms with Crippen molar-refractivity contribution in [2.45, 2.75) is 19.4 Å². The van der Waals surface area contributed by atoms with E-state index in [0.29, 0.717) is 44.2 Å². The highest BCUT2D eigenvalue weighted by molar-refractivity contribution is 6.30. The molecule has 1 aromatic heterocycles. The number of aromatic nitrogens is 2. The molecule has 0 unspecified atom stereocenters. The van der Waals surface area contributed by atoms with E-state index in [4.69, 9.17) is 16.3 Å². The monoisotopic (exact) mass is 300 g/mol. The van der Waals surface area contributed by atoms with Gasteiger partial charge in [0, 0.05) is 38.8 Å². The Bertz CT molecular complexity index is 477. The molecule has 2 heterocycles. The van der Waals surface area contributed by atoms with Crippen molar-refractivity contribution in [3.8, 4) is 0 Å². The van der Waals surface area contributed by atoms with Gasteiger partial charge in [0.25, 0.3) is 0 Å². The minimum atomic E-state index is -0.309. The summed E-state index contributed by atoms with van der Waals surface area (Å²) in [6.07, 6.45) is 4.04. The van der Waals surface area contributed by atoms with E-state index in [9.17, 15) is 9.59 Å². The number of amides is 2. The van der Waals surface area contributed by atoms with Gasteiger partial charge in [-0.05, 0) is 6.42 Å². The van der Waals surface area contributed by atoms with Gasteiger partial charge < -0.3 is 15.0 Å². The first-order valence-corrected chi connectivity index (χ1v) is 6.89. The van der Waals surface area contributed by atoms with Crippen LogP contribution in [0.2, 0.25) is 5.02 Å². The number of hydrogen-bond donors (Lipinski definition) is 1. The molecule has 2 rings (SSSR count). The Kier molecular flexibility index (Phi) is 5.23. The zero-order valence-corrected chi connectivity index (χ0v) is 11.8. The van der Waals surface area contributed by atoms with E-state index >= 15 is 0 Å². The second kappa shape index (κ2) is 7.14. The molecule has 0 atom stereocenters. The predicted octanol–water partition coefficient (Wildman–Crippen LogP) is 0.885. The van der Waals surface area contributed by atoms with Gasteiger partial charge in [0.1, 0.15) is 0 Å². The van der Waals surface area contributed by atoms with Crippen LogP contribution in [0.3, 0.4) is 0 Å². The second-order valence-corrected chi connectivity index (χ2v) is 4.91. The molecule has 7 nitrogen and oxygen atoms in total. The van der Waals surface area contributed by atoms with Gasteiger partial charge in [-0.1, -0.05) is 11.6 Å². The summed E-state index contributed by atoms with van der Waals surface area (Å²) in [6, 6.07) is 0. The van der Waals surface area contributed by atoms with Crippen LogP contribution < -0.4 is 5.32 Å². The van der Waals surface area contributed by atoms with Crippen molar-refractivity contribution < 1.29 is 14.3 Å². The van der Waals surface area contributed by atoms with E-state index in [1.807, 2.05) is 0 Å². The van der Waals surface area contributed by atoms with Crippen molar-refractivity contribution in [1.29, 1.82) is 0 Å². The third kappa shape index (κ3) is 4.41. The molecule has 8 heteroatoms. The fourth-order valence-corrected chi connectivity index (χ4v) is 2.05. The van der Waals surface area contributed by atoms with Crippen LogP contribution >= 0.6 is 11.6 Å². The lowest BCUT2D eigenvalue weighted by molar-refractivity contribution is -0.121. The van der Waals surface area contributed by atoms with Crippen molar-refractivity contribution in [3.05, 3.63) is 17.4 Å². The van der Waals surface area contributed by atoms with Crippen LogP contribution in [-0.4, -0.2) is 52.9 Å². The zero-order chi connectivity index (χ0) is 14.4. The molecule has 0 aromatic carbocycles. The number of ether oxygens (including phenoxy) is 1. The van der Waals surface area contributed by atoms with Crippen molar-refractivity contribution in [1.82, 2.24) is 20.0 Å². The number of cyclic esters (lactones) is 1. The molecule has 1 N–H and O–H groups in total. The Morgan fingerprint density at radius 3 is 3.05 bits per heavy atom. The molecular formula is C12H17ClN4O3. The average Bonchev–Trinajstić information content (AvgIpc) is 2.84. The predicted molar refractivity (Wildman–Crippen MR) is 72.4 cm³/mol. The Morgan fingerprint density at radius 1 is 1.50 bits per heavy atom. The first-order valence-electron chi connectivity index (χ1n) is 6.51. The maximum atomic E-state index is 11.6. The molecule has 2 amide bonds. The van der Waals surface area contributed by atoms with Crippen LogP contribution in [0.25, 0.3) is 0 Å². The molecule has 1 aliphatic heterocycles. The van der Waals surface area contributed by atoms with E-state index in [2.05, 4.69) is 10.4 Å². The highest BCUT2D eigenvalue weighted by atomic mass is 35.5. The minimum Gasteiger partial charge on any atom is -0.449 e. The molecular weight excluding hydrogens is 284 g/mol. The second-order valence-electron chi connectivity index (χ2n) is 4.48. The summed E-state index contributed by atoms with van der Waals surface area (Å²) in [5, 5.41) is 7.30. The topological polar surface area (TPSA) is 76.5 Å². The SMILES string of the molecule is O=C(CCn1cc(Cl)cn1)NCCN1CCCOC1=O. The van der Waals surface area contributed by atoms with Gasteiger partial charge in [0.15, 0.2) is 0 Å². The third-order valence-corrected chi connectivity index (χ3v) is 3.12. The van der Waals surface area contributed by atoms with Crippen LogP contribution in [0.4, 0.5) is 4.79 Å². The summed E-state index contributed by atoms with van der Waals surface area (Å²) < 4.78 is 6.52. The number of nitrogens with one attached hydrogen (secondary N) is 1. The maximum Gasteiger partial charge on any atom is 0.409 e. The lowest BCUT2D eigenvalue weighted by Gasteiger charge is -2.26. The van der Waals surface area contributed by atoms with Crippen LogP contribution in [-0.2, 0) is 16.1 Å². The van der Waals surface area contributed by atoms with Crippen molar-refractivity contribution in [2.75, 3.05) is 26.2 Å². The van der Waals surface area contributed by atoms with Crippen LogP contribution in [0.5, 0.6) is 0 Å². The lowest BCUT2D eigenvalue weighted by Crippen LogP contribution is -2.42. The summed E-state index contributed by atoms with van der Waals surface area (Å²) in [5.41, 5.74) is 0. The molecule has 0 saturated carbocycles. The van der Waals surface area contributed by atoms with E-state index in [-0.39, 0.29) is 12.0 Å². The number of carbonyl (C=O) groups is 2. The Morgan fingerprint density at radius 2 is 2.35 bits per heavy atom. The first-order chi connectivity index (χ1) is 9.65. The van der Waals surface area contributed by atoms with E-state index < -0.39 is 0 Å². The van der Waals surface area contributed by atoms with Crippen molar-refractivity contribution in [2.24, 2.45) is 0 Å². The number of rotatable bonds is 6. The summed E-state index contributed by atoms with van der Waals surface area (Å²) in [6.45, 7) is 2.53. The molecule has 1 aliphatic rings. The molecule has 1 saturated heterocycles. The number of aryl methyl sites for hydroxylation is 1. The summed E-state index contributed by atoms with van der Waals surface area (Å²) in [4.78, 5) is 24.6. The van der Waals surface area contributed by atoms with Gasteiger partial charge in [0.05, 0.1) is 17.8 Å². The highest BCUT2D eigenvalue weighted by Crippen LogP contribution is 2.05. The third-order valence-electron chi connectivity index (χ3n) is 2.93. The Labute approximate surface area is 121 Å². The molecule has 0 bridgehead atoms. The largest absolute Gasteiger partial charge is 0.449 e. The number of nitrogens with zero attached hydrogens (tertiary/aromatic N) is 3. The fourth-order valence-electron chi connectivity index (χ4n) is 1.90. The minimum absolute atomic E-state index is 0.0815. The first kappa shape index (κ1) is 14.6. The van der Waals surface area contributed by atoms with Gasteiger partial charge in [0.2, 0.25) is 5.91 Å². The smallest absolute Gasteiger partial charge is 0.409 e. The summed E-state index contributed by atoms with van der Waals surface area (Å²) in [5.74, 6) is -0.0815. The number of hydrogen-bond acceptors (Lipinski definition) is 4. The molecule has 0 spiro atoms. The van der Waals surface area contributed by atoms with Crippen molar-refractivity contribution >= 4 is 23.6 Å². The van der Waals surface area contributed by atoms with Crippen LogP contribution in [0.15, 0.2) is 12.4 Å². The molecule has 0 radical (unpaired) electrons. The van der Waals surface area contributed by atoms with Gasteiger partial charge >= 0.3 is 6.09 Å². The van der Waals surface area contributed by atoms with E-state index in [1.54, 1.807) is 15.8 Å². The van der Waals surface area contributed by atoms with Gasteiger partial charge in [-0.3, -0.25) is 9.48 Å².